The lowest BCUT2D eigenvalue weighted by Gasteiger charge is -2.15. The zero-order chi connectivity index (χ0) is 20.2. The lowest BCUT2D eigenvalue weighted by atomic mass is 10.2. The van der Waals surface area contributed by atoms with Crippen molar-refractivity contribution in [2.24, 2.45) is 5.14 Å². The minimum atomic E-state index is -4.04. The third-order valence-electron chi connectivity index (χ3n) is 3.61. The van der Waals surface area contributed by atoms with Crippen molar-refractivity contribution in [1.29, 1.82) is 0 Å². The summed E-state index contributed by atoms with van der Waals surface area (Å²) < 4.78 is 51.0. The van der Waals surface area contributed by atoms with E-state index < -0.39 is 20.0 Å². The highest BCUT2D eigenvalue weighted by Gasteiger charge is 2.19. The van der Waals surface area contributed by atoms with Crippen LogP contribution in [0.25, 0.3) is 0 Å². The standard InChI is InChI=1S/C16H19Cl2N3O4S2/c1-2-3-8-20-15-7-5-11(26(19,22)23)10-16(15)21-27(24,25)12-4-6-13(17)14(18)9-12/h4-7,9-10,20-21H,2-3,8H2,1H3,(H2,19,22,23). The van der Waals surface area contributed by atoms with Gasteiger partial charge in [-0.15, -0.1) is 0 Å². The first-order valence-electron chi connectivity index (χ1n) is 7.93. The molecule has 2 aromatic carbocycles. The summed E-state index contributed by atoms with van der Waals surface area (Å²) in [6, 6.07) is 7.80. The van der Waals surface area contributed by atoms with Crippen LogP contribution in [0, 0.1) is 0 Å². The van der Waals surface area contributed by atoms with Gasteiger partial charge in [-0.3, -0.25) is 4.72 Å². The molecule has 148 valence electrons. The maximum absolute atomic E-state index is 12.7. The maximum Gasteiger partial charge on any atom is 0.262 e. The molecule has 2 rings (SSSR count). The number of nitrogens with one attached hydrogen (secondary N) is 2. The van der Waals surface area contributed by atoms with Gasteiger partial charge in [-0.25, -0.2) is 22.0 Å². The van der Waals surface area contributed by atoms with Crippen LogP contribution in [0.15, 0.2) is 46.2 Å². The van der Waals surface area contributed by atoms with Gasteiger partial charge in [-0.1, -0.05) is 36.5 Å². The molecule has 0 amide bonds. The van der Waals surface area contributed by atoms with Gasteiger partial charge in [0.15, 0.2) is 0 Å². The molecule has 0 unspecified atom stereocenters. The summed E-state index contributed by atoms with van der Waals surface area (Å²) in [5, 5.41) is 8.53. The Balaban J connectivity index is 2.45. The van der Waals surface area contributed by atoms with Gasteiger partial charge in [-0.2, -0.15) is 0 Å². The van der Waals surface area contributed by atoms with Crippen molar-refractivity contribution in [2.75, 3.05) is 16.6 Å². The molecule has 0 spiro atoms. The number of hydrogen-bond donors (Lipinski definition) is 3. The van der Waals surface area contributed by atoms with Gasteiger partial charge in [0.25, 0.3) is 10.0 Å². The Morgan fingerprint density at radius 1 is 0.926 bits per heavy atom. The molecule has 0 aliphatic rings. The van der Waals surface area contributed by atoms with Crippen LogP contribution in [0.1, 0.15) is 19.8 Å². The van der Waals surface area contributed by atoms with Crippen LogP contribution >= 0.6 is 23.2 Å². The van der Waals surface area contributed by atoms with E-state index in [0.29, 0.717) is 12.2 Å². The summed E-state index contributed by atoms with van der Waals surface area (Å²) in [4.78, 5) is -0.326. The molecule has 27 heavy (non-hydrogen) atoms. The minimum absolute atomic E-state index is 0.0590. The Kier molecular flexibility index (Phi) is 6.98. The van der Waals surface area contributed by atoms with Gasteiger partial charge in [-0.05, 0) is 42.8 Å². The lowest BCUT2D eigenvalue weighted by Crippen LogP contribution is -2.17. The van der Waals surface area contributed by atoms with Gasteiger partial charge >= 0.3 is 0 Å². The van der Waals surface area contributed by atoms with Crippen LogP contribution in [0.3, 0.4) is 0 Å². The second-order valence-corrected chi connectivity index (χ2v) is 9.77. The topological polar surface area (TPSA) is 118 Å². The number of halogens is 2. The van der Waals surface area contributed by atoms with Crippen LogP contribution in [0.2, 0.25) is 10.0 Å². The van der Waals surface area contributed by atoms with Crippen LogP contribution in [0.5, 0.6) is 0 Å². The highest BCUT2D eigenvalue weighted by atomic mass is 35.5. The molecule has 7 nitrogen and oxygen atoms in total. The molecule has 0 fully saturated rings. The second-order valence-electron chi connectivity index (χ2n) is 5.71. The van der Waals surface area contributed by atoms with Gasteiger partial charge < -0.3 is 5.32 Å². The molecule has 0 aliphatic heterocycles. The number of primary sulfonamides is 1. The van der Waals surface area contributed by atoms with Gasteiger partial charge in [0.1, 0.15) is 0 Å². The molecule has 0 radical (unpaired) electrons. The van der Waals surface area contributed by atoms with Crippen molar-refractivity contribution in [3.8, 4) is 0 Å². The van der Waals surface area contributed by atoms with Crippen LogP contribution in [-0.2, 0) is 20.0 Å². The molecule has 0 aliphatic carbocycles. The first kappa shape index (κ1) is 21.8. The molecule has 0 saturated carbocycles. The molecular formula is C16H19Cl2N3O4S2. The van der Waals surface area contributed by atoms with Crippen molar-refractivity contribution in [1.82, 2.24) is 0 Å². The van der Waals surface area contributed by atoms with Crippen molar-refractivity contribution >= 4 is 54.6 Å². The largest absolute Gasteiger partial charge is 0.383 e. The van der Waals surface area contributed by atoms with E-state index in [1.807, 2.05) is 6.92 Å². The fourth-order valence-electron chi connectivity index (χ4n) is 2.19. The SMILES string of the molecule is CCCCNc1ccc(S(N)(=O)=O)cc1NS(=O)(=O)c1ccc(Cl)c(Cl)c1. The number of hydrogen-bond acceptors (Lipinski definition) is 5. The Bertz CT molecular complexity index is 1040. The van der Waals surface area contributed by atoms with Crippen molar-refractivity contribution < 1.29 is 16.8 Å². The molecular weight excluding hydrogens is 433 g/mol. The Labute approximate surface area is 169 Å². The zero-order valence-electron chi connectivity index (χ0n) is 14.4. The number of unbranched alkanes of at least 4 members (excludes halogenated alkanes) is 1. The summed E-state index contributed by atoms with van der Waals surface area (Å²) in [6.45, 7) is 2.60. The average Bonchev–Trinajstić information content (AvgIpc) is 2.57. The predicted molar refractivity (Wildman–Crippen MR) is 108 cm³/mol. The van der Waals surface area contributed by atoms with Crippen LogP contribution < -0.4 is 15.2 Å². The highest BCUT2D eigenvalue weighted by molar-refractivity contribution is 7.92. The number of sulfonamides is 2. The fraction of sp³-hybridized carbons (Fsp3) is 0.250. The summed E-state index contributed by atoms with van der Waals surface area (Å²) in [7, 11) is -8.04. The van der Waals surface area contributed by atoms with E-state index in [1.54, 1.807) is 0 Å². The number of anilines is 2. The molecule has 0 bridgehead atoms. The third kappa shape index (κ3) is 5.73. The number of rotatable bonds is 8. The molecule has 0 aromatic heterocycles. The molecule has 4 N–H and O–H groups in total. The van der Waals surface area contributed by atoms with Crippen LogP contribution in [-0.4, -0.2) is 23.4 Å². The predicted octanol–water partition coefficient (Wildman–Crippen LogP) is 3.65. The van der Waals surface area contributed by atoms with E-state index in [2.05, 4.69) is 10.0 Å². The monoisotopic (exact) mass is 451 g/mol. The third-order valence-corrected chi connectivity index (χ3v) is 6.62. The Morgan fingerprint density at radius 3 is 2.19 bits per heavy atom. The van der Waals surface area contributed by atoms with E-state index in [1.165, 1.54) is 36.4 Å². The quantitative estimate of drug-likeness (QED) is 0.529. The van der Waals surface area contributed by atoms with E-state index in [4.69, 9.17) is 28.3 Å². The number of benzene rings is 2. The molecule has 0 atom stereocenters. The second kappa shape index (κ2) is 8.66. The Hall–Kier alpha value is -1.52. The van der Waals surface area contributed by atoms with E-state index in [0.717, 1.165) is 12.8 Å². The molecule has 11 heteroatoms. The van der Waals surface area contributed by atoms with Crippen molar-refractivity contribution in [3.05, 3.63) is 46.4 Å². The summed E-state index contributed by atoms with van der Waals surface area (Å²) in [5.41, 5.74) is 0.489. The molecule has 0 saturated heterocycles. The van der Waals surface area contributed by atoms with Crippen molar-refractivity contribution in [3.63, 3.8) is 0 Å². The maximum atomic E-state index is 12.7. The van der Waals surface area contributed by atoms with Gasteiger partial charge in [0.2, 0.25) is 10.0 Å². The van der Waals surface area contributed by atoms with Gasteiger partial charge in [0.05, 0.1) is 31.2 Å². The average molecular weight is 452 g/mol. The van der Waals surface area contributed by atoms with Crippen molar-refractivity contribution in [2.45, 2.75) is 29.6 Å². The minimum Gasteiger partial charge on any atom is -0.383 e. The zero-order valence-corrected chi connectivity index (χ0v) is 17.5. The summed E-state index contributed by atoms with van der Waals surface area (Å²) in [5.74, 6) is 0. The molecule has 2 aromatic rings. The van der Waals surface area contributed by atoms with Gasteiger partial charge in [0, 0.05) is 6.54 Å². The fourth-order valence-corrected chi connectivity index (χ4v) is 4.19. The normalized spacial score (nSPS) is 12.0. The first-order chi connectivity index (χ1) is 12.5. The summed E-state index contributed by atoms with van der Waals surface area (Å²) in [6.07, 6.45) is 1.79. The molecule has 0 heterocycles. The van der Waals surface area contributed by atoms with E-state index >= 15 is 0 Å². The van der Waals surface area contributed by atoms with E-state index in [-0.39, 0.29) is 25.5 Å². The highest BCUT2D eigenvalue weighted by Crippen LogP contribution is 2.30. The Morgan fingerprint density at radius 2 is 1.59 bits per heavy atom. The van der Waals surface area contributed by atoms with Crippen LogP contribution in [0.4, 0.5) is 11.4 Å². The van der Waals surface area contributed by atoms with E-state index in [9.17, 15) is 16.8 Å². The summed E-state index contributed by atoms with van der Waals surface area (Å²) >= 11 is 11.7. The first-order valence-corrected chi connectivity index (χ1v) is 11.7. The smallest absolute Gasteiger partial charge is 0.262 e. The number of nitrogens with two attached hydrogens (primary N) is 1. The lowest BCUT2D eigenvalue weighted by molar-refractivity contribution is 0.596.